The zero-order valence-electron chi connectivity index (χ0n) is 12.9. The highest BCUT2D eigenvalue weighted by molar-refractivity contribution is 5.08. The zero-order valence-corrected chi connectivity index (χ0v) is 12.9. The first-order chi connectivity index (χ1) is 10.8. The first-order valence-electron chi connectivity index (χ1n) is 7.92. The smallest absolute Gasteiger partial charge is 0.118 e. The SMILES string of the molecule is Cc1ccc(CN2CCO[C@H]3CN(Cc4ccoc4)C[C@H]32)o1. The lowest BCUT2D eigenvalue weighted by molar-refractivity contribution is -0.0523. The predicted molar refractivity (Wildman–Crippen MR) is 81.4 cm³/mol. The number of morpholine rings is 1. The van der Waals surface area contributed by atoms with Crippen LogP contribution in [0.1, 0.15) is 17.1 Å². The van der Waals surface area contributed by atoms with Gasteiger partial charge in [0.1, 0.15) is 11.5 Å². The van der Waals surface area contributed by atoms with E-state index in [2.05, 4.69) is 15.9 Å². The van der Waals surface area contributed by atoms with Crippen LogP contribution in [0.25, 0.3) is 0 Å². The normalized spacial score (nSPS) is 26.4. The van der Waals surface area contributed by atoms with Crippen molar-refractivity contribution in [2.45, 2.75) is 32.2 Å². The van der Waals surface area contributed by atoms with E-state index in [1.165, 1.54) is 5.56 Å². The summed E-state index contributed by atoms with van der Waals surface area (Å²) in [6, 6.07) is 6.60. The molecule has 2 saturated heterocycles. The number of hydrogen-bond acceptors (Lipinski definition) is 5. The molecular formula is C17H22N2O3. The minimum Gasteiger partial charge on any atom is -0.472 e. The zero-order chi connectivity index (χ0) is 14.9. The van der Waals surface area contributed by atoms with E-state index in [0.29, 0.717) is 12.1 Å². The summed E-state index contributed by atoms with van der Waals surface area (Å²) in [6.07, 6.45) is 3.86. The molecule has 0 radical (unpaired) electrons. The lowest BCUT2D eigenvalue weighted by Crippen LogP contribution is -2.50. The second-order valence-electron chi connectivity index (χ2n) is 6.29. The van der Waals surface area contributed by atoms with Gasteiger partial charge < -0.3 is 13.6 Å². The van der Waals surface area contributed by atoms with Crippen molar-refractivity contribution in [2.24, 2.45) is 0 Å². The molecule has 0 aromatic carbocycles. The number of ether oxygens (including phenoxy) is 1. The number of fused-ring (bicyclic) bond motifs is 1. The fourth-order valence-corrected chi connectivity index (χ4v) is 3.57. The Labute approximate surface area is 130 Å². The molecule has 0 bridgehead atoms. The molecule has 0 spiro atoms. The quantitative estimate of drug-likeness (QED) is 0.866. The van der Waals surface area contributed by atoms with Crippen LogP contribution in [0.3, 0.4) is 0 Å². The fraction of sp³-hybridized carbons (Fsp3) is 0.529. The van der Waals surface area contributed by atoms with Gasteiger partial charge in [-0.05, 0) is 25.1 Å². The predicted octanol–water partition coefficient (Wildman–Crippen LogP) is 2.27. The molecule has 4 rings (SSSR count). The molecule has 2 aromatic heterocycles. The van der Waals surface area contributed by atoms with E-state index in [1.54, 1.807) is 6.26 Å². The Morgan fingerprint density at radius 1 is 1.18 bits per heavy atom. The lowest BCUT2D eigenvalue weighted by Gasteiger charge is -2.36. The summed E-state index contributed by atoms with van der Waals surface area (Å²) in [5, 5.41) is 0. The van der Waals surface area contributed by atoms with Gasteiger partial charge in [0.15, 0.2) is 0 Å². The molecule has 118 valence electrons. The first kappa shape index (κ1) is 14.1. The van der Waals surface area contributed by atoms with Crippen molar-refractivity contribution in [1.82, 2.24) is 9.80 Å². The Kier molecular flexibility index (Phi) is 3.78. The van der Waals surface area contributed by atoms with Crippen LogP contribution in [-0.2, 0) is 17.8 Å². The highest BCUT2D eigenvalue weighted by Crippen LogP contribution is 2.26. The van der Waals surface area contributed by atoms with E-state index in [4.69, 9.17) is 13.6 Å². The van der Waals surface area contributed by atoms with Crippen LogP contribution in [0.5, 0.6) is 0 Å². The van der Waals surface area contributed by atoms with Gasteiger partial charge in [-0.2, -0.15) is 0 Å². The largest absolute Gasteiger partial charge is 0.472 e. The van der Waals surface area contributed by atoms with Gasteiger partial charge in [-0.25, -0.2) is 0 Å². The monoisotopic (exact) mass is 302 g/mol. The number of hydrogen-bond donors (Lipinski definition) is 0. The van der Waals surface area contributed by atoms with Gasteiger partial charge in [0.2, 0.25) is 0 Å². The number of nitrogens with zero attached hydrogens (tertiary/aromatic N) is 2. The maximum absolute atomic E-state index is 5.99. The number of furan rings is 2. The first-order valence-corrected chi connectivity index (χ1v) is 7.92. The van der Waals surface area contributed by atoms with Crippen molar-refractivity contribution in [3.05, 3.63) is 47.8 Å². The van der Waals surface area contributed by atoms with E-state index in [0.717, 1.165) is 50.9 Å². The summed E-state index contributed by atoms with van der Waals surface area (Å²) in [6.45, 7) is 7.60. The van der Waals surface area contributed by atoms with Crippen LogP contribution in [0.15, 0.2) is 39.6 Å². The third-order valence-electron chi connectivity index (χ3n) is 4.63. The molecule has 2 fully saturated rings. The Hall–Kier alpha value is -1.56. The minimum atomic E-state index is 0.303. The number of aryl methyl sites for hydroxylation is 1. The van der Waals surface area contributed by atoms with Crippen molar-refractivity contribution >= 4 is 0 Å². The molecule has 2 aromatic rings. The highest BCUT2D eigenvalue weighted by atomic mass is 16.5. The Bertz CT molecular complexity index is 607. The molecule has 0 unspecified atom stereocenters. The molecule has 5 heteroatoms. The van der Waals surface area contributed by atoms with Gasteiger partial charge in [0.05, 0.1) is 37.8 Å². The molecule has 0 saturated carbocycles. The van der Waals surface area contributed by atoms with Gasteiger partial charge in [-0.15, -0.1) is 0 Å². The van der Waals surface area contributed by atoms with E-state index >= 15 is 0 Å². The molecule has 22 heavy (non-hydrogen) atoms. The lowest BCUT2D eigenvalue weighted by atomic mass is 10.1. The van der Waals surface area contributed by atoms with Crippen molar-refractivity contribution in [3.8, 4) is 0 Å². The Morgan fingerprint density at radius 2 is 2.14 bits per heavy atom. The highest BCUT2D eigenvalue weighted by Gasteiger charge is 2.40. The number of rotatable bonds is 4. The molecular weight excluding hydrogens is 280 g/mol. The molecule has 2 aliphatic heterocycles. The van der Waals surface area contributed by atoms with Crippen LogP contribution in [0.4, 0.5) is 0 Å². The maximum Gasteiger partial charge on any atom is 0.118 e. The molecule has 0 amide bonds. The average molecular weight is 302 g/mol. The molecule has 4 heterocycles. The van der Waals surface area contributed by atoms with Crippen LogP contribution < -0.4 is 0 Å². The molecule has 5 nitrogen and oxygen atoms in total. The third-order valence-corrected chi connectivity index (χ3v) is 4.63. The van der Waals surface area contributed by atoms with Gasteiger partial charge in [-0.3, -0.25) is 9.80 Å². The van der Waals surface area contributed by atoms with Crippen LogP contribution in [0.2, 0.25) is 0 Å². The topological polar surface area (TPSA) is 42.0 Å². The molecule has 0 N–H and O–H groups in total. The summed E-state index contributed by atoms with van der Waals surface area (Å²) < 4.78 is 16.9. The second-order valence-corrected chi connectivity index (χ2v) is 6.29. The van der Waals surface area contributed by atoms with Crippen molar-refractivity contribution in [2.75, 3.05) is 26.2 Å². The molecule has 0 aliphatic carbocycles. The van der Waals surface area contributed by atoms with Crippen LogP contribution >= 0.6 is 0 Å². The summed E-state index contributed by atoms with van der Waals surface area (Å²) in [7, 11) is 0. The van der Waals surface area contributed by atoms with Crippen LogP contribution in [0, 0.1) is 6.92 Å². The summed E-state index contributed by atoms with van der Waals surface area (Å²) >= 11 is 0. The fourth-order valence-electron chi connectivity index (χ4n) is 3.57. The molecule has 2 atom stereocenters. The third kappa shape index (κ3) is 2.84. The summed E-state index contributed by atoms with van der Waals surface area (Å²) in [4.78, 5) is 4.95. The Balaban J connectivity index is 1.42. The van der Waals surface area contributed by atoms with Crippen molar-refractivity contribution < 1.29 is 13.6 Å². The number of likely N-dealkylation sites (tertiary alicyclic amines) is 1. The minimum absolute atomic E-state index is 0.303. The van der Waals surface area contributed by atoms with E-state index in [9.17, 15) is 0 Å². The molecule has 2 aliphatic rings. The average Bonchev–Trinajstić information content (AvgIpc) is 3.21. The standard InChI is InChI=1S/C17H22N2O3/c1-13-2-3-15(22-13)9-19-5-7-21-17-11-18(10-16(17)19)8-14-4-6-20-12-14/h2-4,6,12,16-17H,5,7-11H2,1H3/t16-,17+/m1/s1. The summed E-state index contributed by atoms with van der Waals surface area (Å²) in [5.41, 5.74) is 1.23. The summed E-state index contributed by atoms with van der Waals surface area (Å²) in [5.74, 6) is 2.03. The Morgan fingerprint density at radius 3 is 2.91 bits per heavy atom. The van der Waals surface area contributed by atoms with E-state index < -0.39 is 0 Å². The van der Waals surface area contributed by atoms with E-state index in [-0.39, 0.29) is 0 Å². The van der Waals surface area contributed by atoms with E-state index in [1.807, 2.05) is 25.3 Å². The van der Waals surface area contributed by atoms with Crippen molar-refractivity contribution in [1.29, 1.82) is 0 Å². The van der Waals surface area contributed by atoms with Crippen molar-refractivity contribution in [3.63, 3.8) is 0 Å². The maximum atomic E-state index is 5.99. The van der Waals surface area contributed by atoms with Gasteiger partial charge in [0, 0.05) is 31.7 Å². The second kappa shape index (κ2) is 5.91. The van der Waals surface area contributed by atoms with Gasteiger partial charge >= 0.3 is 0 Å². The van der Waals surface area contributed by atoms with Gasteiger partial charge in [-0.1, -0.05) is 0 Å². The van der Waals surface area contributed by atoms with Crippen LogP contribution in [-0.4, -0.2) is 48.2 Å². The van der Waals surface area contributed by atoms with Gasteiger partial charge in [0.25, 0.3) is 0 Å².